The normalized spacial score (nSPS) is 28.1. The van der Waals surface area contributed by atoms with E-state index in [0.717, 1.165) is 10.5 Å². The SMILES string of the molecule is COc1ccccc1C1NC(SCC(C)=O)C2C(=O)N(C)C(=O)N(C)C2N1. The second kappa shape index (κ2) is 7.87. The molecule has 2 heterocycles. The Morgan fingerprint density at radius 1 is 1.22 bits per heavy atom. The second-order valence-corrected chi connectivity index (χ2v) is 7.83. The van der Waals surface area contributed by atoms with E-state index in [1.807, 2.05) is 24.3 Å². The van der Waals surface area contributed by atoms with Crippen LogP contribution in [0.4, 0.5) is 4.79 Å². The molecule has 2 saturated heterocycles. The van der Waals surface area contributed by atoms with E-state index < -0.39 is 12.1 Å². The summed E-state index contributed by atoms with van der Waals surface area (Å²) in [4.78, 5) is 39.4. The zero-order valence-electron chi connectivity index (χ0n) is 15.8. The molecule has 146 valence electrons. The lowest BCUT2D eigenvalue weighted by Gasteiger charge is -2.50. The van der Waals surface area contributed by atoms with Crippen LogP contribution in [0.25, 0.3) is 0 Å². The van der Waals surface area contributed by atoms with Gasteiger partial charge in [-0.25, -0.2) is 4.79 Å². The summed E-state index contributed by atoms with van der Waals surface area (Å²) in [6.45, 7) is 1.52. The molecule has 27 heavy (non-hydrogen) atoms. The van der Waals surface area contributed by atoms with Crippen molar-refractivity contribution in [2.45, 2.75) is 24.6 Å². The predicted octanol–water partition coefficient (Wildman–Crippen LogP) is 1.00. The van der Waals surface area contributed by atoms with Crippen LogP contribution in [0.1, 0.15) is 18.7 Å². The highest BCUT2D eigenvalue weighted by Gasteiger charge is 2.51. The molecule has 3 amide bonds. The van der Waals surface area contributed by atoms with Crippen LogP contribution in [-0.2, 0) is 9.59 Å². The van der Waals surface area contributed by atoms with Crippen LogP contribution >= 0.6 is 11.8 Å². The first-order valence-corrected chi connectivity index (χ1v) is 9.70. The van der Waals surface area contributed by atoms with Gasteiger partial charge < -0.3 is 9.64 Å². The molecule has 3 rings (SSSR count). The Morgan fingerprint density at radius 2 is 1.93 bits per heavy atom. The standard InChI is InChI=1S/C18H24N4O4S/c1-10(23)9-27-16-13-15(21(2)18(25)22(3)17(13)24)19-14(20-16)11-7-5-6-8-12(11)26-4/h5-8,13-16,19-20H,9H2,1-4H3. The predicted molar refractivity (Wildman–Crippen MR) is 102 cm³/mol. The minimum absolute atomic E-state index is 0.0340. The molecule has 2 N–H and O–H groups in total. The Balaban J connectivity index is 1.96. The zero-order chi connectivity index (χ0) is 19.7. The van der Waals surface area contributed by atoms with Crippen LogP contribution in [0.15, 0.2) is 24.3 Å². The van der Waals surface area contributed by atoms with Crippen molar-refractivity contribution in [3.63, 3.8) is 0 Å². The molecule has 8 nitrogen and oxygen atoms in total. The smallest absolute Gasteiger partial charge is 0.327 e. The van der Waals surface area contributed by atoms with Crippen LogP contribution in [0, 0.1) is 5.92 Å². The molecule has 0 bridgehead atoms. The topological polar surface area (TPSA) is 91.0 Å². The summed E-state index contributed by atoms with van der Waals surface area (Å²) in [6.07, 6.45) is -0.819. The van der Waals surface area contributed by atoms with E-state index in [4.69, 9.17) is 4.74 Å². The summed E-state index contributed by atoms with van der Waals surface area (Å²) in [5.74, 6) is 0.251. The molecule has 1 aromatic carbocycles. The van der Waals surface area contributed by atoms with Crippen molar-refractivity contribution >= 4 is 29.5 Å². The molecule has 0 saturated carbocycles. The van der Waals surface area contributed by atoms with Crippen LogP contribution in [0.3, 0.4) is 0 Å². The van der Waals surface area contributed by atoms with Crippen LogP contribution in [0.2, 0.25) is 0 Å². The van der Waals surface area contributed by atoms with Gasteiger partial charge in [0.05, 0.1) is 36.5 Å². The first-order chi connectivity index (χ1) is 12.8. The van der Waals surface area contributed by atoms with E-state index in [9.17, 15) is 14.4 Å². The van der Waals surface area contributed by atoms with E-state index in [0.29, 0.717) is 5.75 Å². The Bertz CT molecular complexity index is 759. The van der Waals surface area contributed by atoms with Gasteiger partial charge >= 0.3 is 6.03 Å². The number of benzene rings is 1. The summed E-state index contributed by atoms with van der Waals surface area (Å²) in [5.41, 5.74) is 0.874. The second-order valence-electron chi connectivity index (χ2n) is 6.70. The molecular formula is C18H24N4O4S. The van der Waals surface area contributed by atoms with Gasteiger partial charge in [-0.1, -0.05) is 18.2 Å². The fourth-order valence-corrected chi connectivity index (χ4v) is 4.61. The number of fused-ring (bicyclic) bond motifs is 1. The number of rotatable bonds is 5. The van der Waals surface area contributed by atoms with Gasteiger partial charge in [-0.3, -0.25) is 25.1 Å². The molecule has 2 aliphatic rings. The van der Waals surface area contributed by atoms with Gasteiger partial charge in [-0.2, -0.15) is 0 Å². The van der Waals surface area contributed by atoms with Gasteiger partial charge in [0.1, 0.15) is 11.5 Å². The maximum absolute atomic E-state index is 12.8. The van der Waals surface area contributed by atoms with Crippen molar-refractivity contribution in [1.29, 1.82) is 0 Å². The number of hydrogen-bond acceptors (Lipinski definition) is 7. The molecule has 4 atom stereocenters. The first kappa shape index (κ1) is 19.7. The molecule has 0 aliphatic carbocycles. The highest BCUT2D eigenvalue weighted by atomic mass is 32.2. The largest absolute Gasteiger partial charge is 0.496 e. The van der Waals surface area contributed by atoms with Gasteiger partial charge in [0.25, 0.3) is 0 Å². The molecule has 1 aromatic rings. The summed E-state index contributed by atoms with van der Waals surface area (Å²) < 4.78 is 5.46. The number of carbonyl (C=O) groups excluding carboxylic acids is 3. The number of methoxy groups -OCH3 is 1. The fourth-order valence-electron chi connectivity index (χ4n) is 3.49. The van der Waals surface area contributed by atoms with Crippen LogP contribution in [-0.4, -0.2) is 66.0 Å². The van der Waals surface area contributed by atoms with E-state index in [1.165, 1.54) is 30.6 Å². The number of para-hydroxylation sites is 1. The minimum atomic E-state index is -0.506. The maximum atomic E-state index is 12.8. The van der Waals surface area contributed by atoms with E-state index in [1.54, 1.807) is 14.2 Å². The van der Waals surface area contributed by atoms with Crippen molar-refractivity contribution in [3.05, 3.63) is 29.8 Å². The molecule has 2 fully saturated rings. The van der Waals surface area contributed by atoms with E-state index >= 15 is 0 Å². The first-order valence-electron chi connectivity index (χ1n) is 8.65. The van der Waals surface area contributed by atoms with Crippen molar-refractivity contribution in [3.8, 4) is 5.75 Å². The number of urea groups is 1. The number of nitrogens with one attached hydrogen (secondary N) is 2. The number of hydrogen-bond donors (Lipinski definition) is 2. The highest BCUT2D eigenvalue weighted by molar-refractivity contribution is 8.00. The number of thioether (sulfide) groups is 1. The lowest BCUT2D eigenvalue weighted by atomic mass is 9.95. The van der Waals surface area contributed by atoms with Crippen molar-refractivity contribution in [2.75, 3.05) is 27.0 Å². The molecule has 0 spiro atoms. The third-order valence-electron chi connectivity index (χ3n) is 4.87. The summed E-state index contributed by atoms with van der Waals surface area (Å²) in [6, 6.07) is 7.21. The van der Waals surface area contributed by atoms with E-state index in [-0.39, 0.29) is 35.0 Å². The number of ether oxygens (including phenoxy) is 1. The quantitative estimate of drug-likeness (QED) is 0.772. The van der Waals surface area contributed by atoms with Crippen molar-refractivity contribution in [2.24, 2.45) is 5.92 Å². The van der Waals surface area contributed by atoms with Crippen LogP contribution in [0.5, 0.6) is 5.75 Å². The average molecular weight is 392 g/mol. The van der Waals surface area contributed by atoms with Crippen molar-refractivity contribution in [1.82, 2.24) is 20.4 Å². The monoisotopic (exact) mass is 392 g/mol. The maximum Gasteiger partial charge on any atom is 0.327 e. The summed E-state index contributed by atoms with van der Waals surface area (Å²) in [7, 11) is 4.75. The molecule has 0 aromatic heterocycles. The number of ketones is 1. The lowest BCUT2D eigenvalue weighted by Crippen LogP contribution is -2.72. The molecule has 2 aliphatic heterocycles. The minimum Gasteiger partial charge on any atom is -0.496 e. The van der Waals surface area contributed by atoms with Gasteiger partial charge in [0.15, 0.2) is 0 Å². The number of amides is 3. The van der Waals surface area contributed by atoms with Crippen molar-refractivity contribution < 1.29 is 19.1 Å². The average Bonchev–Trinajstić information content (AvgIpc) is 2.68. The molecule has 4 unspecified atom stereocenters. The van der Waals surface area contributed by atoms with Gasteiger partial charge in [0.2, 0.25) is 5.91 Å². The van der Waals surface area contributed by atoms with Gasteiger partial charge in [-0.05, 0) is 13.0 Å². The fraction of sp³-hybridized carbons (Fsp3) is 0.500. The summed E-state index contributed by atoms with van der Waals surface area (Å²) >= 11 is 1.39. The molecule has 9 heteroatoms. The Hall–Kier alpha value is -2.10. The van der Waals surface area contributed by atoms with E-state index in [2.05, 4.69) is 10.6 Å². The zero-order valence-corrected chi connectivity index (χ0v) is 16.6. The van der Waals surface area contributed by atoms with Gasteiger partial charge in [-0.15, -0.1) is 11.8 Å². The Kier molecular flexibility index (Phi) is 5.73. The molecule has 0 radical (unpaired) electrons. The summed E-state index contributed by atoms with van der Waals surface area (Å²) in [5, 5.41) is 6.45. The number of carbonyl (C=O) groups is 3. The molecular weight excluding hydrogens is 368 g/mol. The highest BCUT2D eigenvalue weighted by Crippen LogP contribution is 2.36. The number of Topliss-reactive ketones (excluding diaryl/α,β-unsaturated/α-hetero) is 1. The van der Waals surface area contributed by atoms with Crippen LogP contribution < -0.4 is 15.4 Å². The number of nitrogens with zero attached hydrogens (tertiary/aromatic N) is 2. The van der Waals surface area contributed by atoms with Gasteiger partial charge in [0, 0.05) is 19.7 Å². The third kappa shape index (κ3) is 3.67. The Morgan fingerprint density at radius 3 is 2.59 bits per heavy atom. The Labute approximate surface area is 162 Å². The third-order valence-corrected chi connectivity index (χ3v) is 6.23. The lowest BCUT2D eigenvalue weighted by molar-refractivity contribution is -0.140. The number of imide groups is 1.